The van der Waals surface area contributed by atoms with E-state index in [1.54, 1.807) is 14.1 Å². The molecule has 0 aliphatic carbocycles. The van der Waals surface area contributed by atoms with Gasteiger partial charge < -0.3 is 15.3 Å². The zero-order chi connectivity index (χ0) is 14.4. The van der Waals surface area contributed by atoms with Crippen molar-refractivity contribution < 1.29 is 19.5 Å². The van der Waals surface area contributed by atoms with Crippen LogP contribution < -0.4 is 5.32 Å². The molecule has 2 N–H and O–H groups in total. The predicted octanol–water partition coefficient (Wildman–Crippen LogP) is -0.617. The van der Waals surface area contributed by atoms with E-state index in [4.69, 9.17) is 5.11 Å². The molecule has 8 nitrogen and oxygen atoms in total. The average Bonchev–Trinajstić information content (AvgIpc) is 2.38. The molecule has 0 spiro atoms. The Morgan fingerprint density at radius 2 is 1.79 bits per heavy atom. The van der Waals surface area contributed by atoms with Crippen molar-refractivity contribution in [2.75, 3.05) is 20.6 Å². The Morgan fingerprint density at radius 3 is 2.26 bits per heavy atom. The van der Waals surface area contributed by atoms with Gasteiger partial charge in [-0.2, -0.15) is 0 Å². The van der Waals surface area contributed by atoms with Gasteiger partial charge in [0.15, 0.2) is 5.69 Å². The summed E-state index contributed by atoms with van der Waals surface area (Å²) in [5.41, 5.74) is -0.235. The summed E-state index contributed by atoms with van der Waals surface area (Å²) in [5.74, 6) is -1.82. The minimum Gasteiger partial charge on any atom is -0.476 e. The third-order valence-corrected chi connectivity index (χ3v) is 2.23. The summed E-state index contributed by atoms with van der Waals surface area (Å²) < 4.78 is 0. The number of carbonyl (C=O) groups is 3. The molecule has 2 amide bonds. The lowest BCUT2D eigenvalue weighted by Crippen LogP contribution is -2.30. The van der Waals surface area contributed by atoms with Crippen LogP contribution in [0.25, 0.3) is 0 Å². The van der Waals surface area contributed by atoms with Crippen molar-refractivity contribution >= 4 is 17.8 Å². The van der Waals surface area contributed by atoms with Crippen LogP contribution in [0.4, 0.5) is 0 Å². The fraction of sp³-hybridized carbons (Fsp3) is 0.364. The molecule has 1 aromatic heterocycles. The smallest absolute Gasteiger partial charge is 0.356 e. The van der Waals surface area contributed by atoms with Gasteiger partial charge in [-0.1, -0.05) is 0 Å². The predicted molar refractivity (Wildman–Crippen MR) is 64.6 cm³/mol. The van der Waals surface area contributed by atoms with Crippen LogP contribution >= 0.6 is 0 Å². The molecule has 0 fully saturated rings. The molecule has 1 aromatic rings. The van der Waals surface area contributed by atoms with Gasteiger partial charge in [-0.05, 0) is 0 Å². The second-order valence-corrected chi connectivity index (χ2v) is 3.89. The molecular formula is C11H14N4O4. The monoisotopic (exact) mass is 266 g/mol. The van der Waals surface area contributed by atoms with Crippen LogP contribution in [0, 0.1) is 0 Å². The van der Waals surface area contributed by atoms with Gasteiger partial charge in [0.2, 0.25) is 5.91 Å². The lowest BCUT2D eigenvalue weighted by atomic mass is 10.3. The number of nitrogens with one attached hydrogen (secondary N) is 1. The van der Waals surface area contributed by atoms with Crippen molar-refractivity contribution in [1.29, 1.82) is 0 Å². The third kappa shape index (κ3) is 4.34. The molecule has 0 radical (unpaired) electrons. The van der Waals surface area contributed by atoms with Crippen LogP contribution in [-0.4, -0.2) is 58.4 Å². The Balaban J connectivity index is 2.50. The van der Waals surface area contributed by atoms with E-state index in [9.17, 15) is 14.4 Å². The molecule has 0 aliphatic rings. The zero-order valence-corrected chi connectivity index (χ0v) is 10.6. The van der Waals surface area contributed by atoms with E-state index >= 15 is 0 Å². The summed E-state index contributed by atoms with van der Waals surface area (Å²) in [6.07, 6.45) is 2.26. The van der Waals surface area contributed by atoms with Gasteiger partial charge in [0.05, 0.1) is 12.4 Å². The maximum atomic E-state index is 11.6. The molecule has 0 bridgehead atoms. The van der Waals surface area contributed by atoms with Gasteiger partial charge in [-0.25, -0.2) is 14.8 Å². The lowest BCUT2D eigenvalue weighted by molar-refractivity contribution is -0.128. The summed E-state index contributed by atoms with van der Waals surface area (Å²) in [4.78, 5) is 42.1. The van der Waals surface area contributed by atoms with E-state index in [0.717, 1.165) is 12.4 Å². The first-order valence-electron chi connectivity index (χ1n) is 5.45. The number of carboxylic acid groups (broad SMARTS) is 1. The van der Waals surface area contributed by atoms with Gasteiger partial charge in [0.25, 0.3) is 5.91 Å². The summed E-state index contributed by atoms with van der Waals surface area (Å²) in [6, 6.07) is 0. The first-order chi connectivity index (χ1) is 8.91. The number of rotatable bonds is 5. The van der Waals surface area contributed by atoms with Gasteiger partial charge in [-0.15, -0.1) is 0 Å². The minimum absolute atomic E-state index is 0.00213. The number of aromatic nitrogens is 2. The van der Waals surface area contributed by atoms with Crippen molar-refractivity contribution in [2.45, 2.75) is 6.42 Å². The lowest BCUT2D eigenvalue weighted by Gasteiger charge is -2.10. The van der Waals surface area contributed by atoms with Crippen LogP contribution in [-0.2, 0) is 4.79 Å². The van der Waals surface area contributed by atoms with Gasteiger partial charge in [0, 0.05) is 27.1 Å². The first kappa shape index (κ1) is 14.6. The molecule has 8 heteroatoms. The number of carbonyl (C=O) groups excluding carboxylic acids is 2. The second-order valence-electron chi connectivity index (χ2n) is 3.89. The summed E-state index contributed by atoms with van der Waals surface area (Å²) in [6.45, 7) is 0.179. The Kier molecular flexibility index (Phi) is 4.92. The van der Waals surface area contributed by atoms with Crippen molar-refractivity contribution in [3.8, 4) is 0 Å². The van der Waals surface area contributed by atoms with E-state index < -0.39 is 11.9 Å². The zero-order valence-electron chi connectivity index (χ0n) is 10.6. The number of carboxylic acids is 1. The molecule has 0 saturated carbocycles. The van der Waals surface area contributed by atoms with Crippen molar-refractivity contribution in [3.63, 3.8) is 0 Å². The molecule has 102 valence electrons. The Labute approximate surface area is 109 Å². The number of amides is 2. The molecular weight excluding hydrogens is 252 g/mol. The highest BCUT2D eigenvalue weighted by molar-refractivity contribution is 5.93. The van der Waals surface area contributed by atoms with Crippen LogP contribution in [0.5, 0.6) is 0 Å². The van der Waals surface area contributed by atoms with E-state index in [0.29, 0.717) is 0 Å². The highest BCUT2D eigenvalue weighted by Gasteiger charge is 2.11. The van der Waals surface area contributed by atoms with E-state index in [-0.39, 0.29) is 30.3 Å². The minimum atomic E-state index is -1.21. The van der Waals surface area contributed by atoms with Crippen molar-refractivity contribution in [3.05, 3.63) is 23.8 Å². The van der Waals surface area contributed by atoms with Gasteiger partial charge in [-0.3, -0.25) is 9.59 Å². The summed E-state index contributed by atoms with van der Waals surface area (Å²) in [7, 11) is 3.25. The third-order valence-electron chi connectivity index (χ3n) is 2.23. The van der Waals surface area contributed by atoms with Crippen LogP contribution in [0.3, 0.4) is 0 Å². The topological polar surface area (TPSA) is 112 Å². The fourth-order valence-corrected chi connectivity index (χ4v) is 1.15. The standard InChI is InChI=1S/C11H14N4O4/c1-15(2)9(16)3-4-12-10(17)7-5-14-8(6-13-7)11(18)19/h5-6H,3-4H2,1-2H3,(H,12,17)(H,18,19). The summed E-state index contributed by atoms with van der Waals surface area (Å²) >= 11 is 0. The molecule has 0 atom stereocenters. The van der Waals surface area contributed by atoms with E-state index in [1.807, 2.05) is 0 Å². The largest absolute Gasteiger partial charge is 0.476 e. The number of hydrogen-bond donors (Lipinski definition) is 2. The SMILES string of the molecule is CN(C)C(=O)CCNC(=O)c1cnc(C(=O)O)cn1. The average molecular weight is 266 g/mol. The van der Waals surface area contributed by atoms with Gasteiger partial charge >= 0.3 is 5.97 Å². The molecule has 0 saturated heterocycles. The maximum absolute atomic E-state index is 11.6. The second kappa shape index (κ2) is 6.43. The number of aromatic carboxylic acids is 1. The summed E-state index contributed by atoms with van der Waals surface area (Å²) in [5, 5.41) is 11.1. The molecule has 1 heterocycles. The first-order valence-corrected chi connectivity index (χ1v) is 5.45. The quantitative estimate of drug-likeness (QED) is 0.734. The van der Waals surface area contributed by atoms with E-state index in [2.05, 4.69) is 15.3 Å². The molecule has 0 aromatic carbocycles. The maximum Gasteiger partial charge on any atom is 0.356 e. The van der Waals surface area contributed by atoms with Crippen molar-refractivity contribution in [2.24, 2.45) is 0 Å². The fourth-order valence-electron chi connectivity index (χ4n) is 1.15. The Morgan fingerprint density at radius 1 is 1.21 bits per heavy atom. The normalized spacial score (nSPS) is 9.79. The van der Waals surface area contributed by atoms with Gasteiger partial charge in [0.1, 0.15) is 5.69 Å². The number of hydrogen-bond acceptors (Lipinski definition) is 5. The van der Waals surface area contributed by atoms with Crippen LogP contribution in [0.1, 0.15) is 27.4 Å². The molecule has 0 aliphatic heterocycles. The Hall–Kier alpha value is -2.51. The number of nitrogens with zero attached hydrogens (tertiary/aromatic N) is 3. The molecule has 1 rings (SSSR count). The van der Waals surface area contributed by atoms with Crippen LogP contribution in [0.15, 0.2) is 12.4 Å². The van der Waals surface area contributed by atoms with E-state index in [1.165, 1.54) is 4.90 Å². The molecule has 19 heavy (non-hydrogen) atoms. The Bertz CT molecular complexity index is 484. The molecule has 0 unspecified atom stereocenters. The van der Waals surface area contributed by atoms with Crippen LogP contribution in [0.2, 0.25) is 0 Å². The van der Waals surface area contributed by atoms with Crippen molar-refractivity contribution in [1.82, 2.24) is 20.2 Å². The highest BCUT2D eigenvalue weighted by atomic mass is 16.4. The highest BCUT2D eigenvalue weighted by Crippen LogP contribution is 1.96.